The lowest BCUT2D eigenvalue weighted by Gasteiger charge is -2.26. The van der Waals surface area contributed by atoms with Crippen molar-refractivity contribution in [2.24, 2.45) is 5.73 Å². The van der Waals surface area contributed by atoms with Crippen LogP contribution in [0.25, 0.3) is 0 Å². The number of nitrogens with zero attached hydrogens (tertiary/aromatic N) is 1. The van der Waals surface area contributed by atoms with Crippen molar-refractivity contribution in [1.82, 2.24) is 0 Å². The summed E-state index contributed by atoms with van der Waals surface area (Å²) in [6, 6.07) is 27.8. The monoisotopic (exact) mass is 536 g/mol. The number of rotatable bonds is 8. The van der Waals surface area contributed by atoms with Crippen molar-refractivity contribution < 1.29 is 28.1 Å². The van der Waals surface area contributed by atoms with Crippen LogP contribution in [0.15, 0.2) is 102 Å². The molecule has 0 radical (unpaired) electrons. The topological polar surface area (TPSA) is 104 Å². The van der Waals surface area contributed by atoms with Gasteiger partial charge in [0.15, 0.2) is 0 Å². The number of carbonyl (C=O) groups is 1. The van der Waals surface area contributed by atoms with E-state index in [-0.39, 0.29) is 30.3 Å². The van der Waals surface area contributed by atoms with Gasteiger partial charge in [-0.15, -0.1) is 0 Å². The Morgan fingerprint density at radius 2 is 1.57 bits per heavy atom. The first-order valence-electron chi connectivity index (χ1n) is 12.5. The lowest BCUT2D eigenvalue weighted by atomic mass is 9.83. The van der Waals surface area contributed by atoms with Crippen LogP contribution < -0.4 is 24.7 Å². The van der Waals surface area contributed by atoms with E-state index in [1.165, 1.54) is 12.1 Å². The molecule has 40 heavy (non-hydrogen) atoms. The number of allylic oxidation sites excluding steroid dienone is 1. The molecule has 0 amide bonds. The highest BCUT2D eigenvalue weighted by Gasteiger charge is 2.31. The van der Waals surface area contributed by atoms with E-state index in [9.17, 15) is 14.4 Å². The van der Waals surface area contributed by atoms with Gasteiger partial charge in [0.1, 0.15) is 47.1 Å². The lowest BCUT2D eigenvalue weighted by molar-refractivity contribution is -0.133. The number of hydrogen-bond acceptors (Lipinski definition) is 7. The average molecular weight is 537 g/mol. The molecule has 200 valence electrons. The molecule has 0 bridgehead atoms. The molecule has 0 saturated heterocycles. The first-order chi connectivity index (χ1) is 19.4. The van der Waals surface area contributed by atoms with Crippen molar-refractivity contribution in [3.05, 3.63) is 131 Å². The number of fused-ring (bicyclic) bond motifs is 1. The number of hydrogen-bond donors (Lipinski definition) is 1. The summed E-state index contributed by atoms with van der Waals surface area (Å²) in [6.07, 6.45) is 0.0841. The van der Waals surface area contributed by atoms with Crippen molar-refractivity contribution in [1.29, 1.82) is 5.26 Å². The Morgan fingerprint density at radius 1 is 0.925 bits per heavy atom. The molecule has 4 aromatic carbocycles. The summed E-state index contributed by atoms with van der Waals surface area (Å²) in [5, 5.41) is 9.85. The average Bonchev–Trinajstić information content (AvgIpc) is 2.97. The molecule has 0 fully saturated rings. The van der Waals surface area contributed by atoms with Crippen LogP contribution in [0.5, 0.6) is 23.0 Å². The minimum absolute atomic E-state index is 0.0154. The van der Waals surface area contributed by atoms with Crippen LogP contribution in [0.1, 0.15) is 28.2 Å². The Labute approximate surface area is 230 Å². The highest BCUT2D eigenvalue weighted by atomic mass is 19.1. The second kappa shape index (κ2) is 11.6. The summed E-state index contributed by atoms with van der Waals surface area (Å²) in [7, 11) is 1.58. The maximum absolute atomic E-state index is 13.1. The highest BCUT2D eigenvalue weighted by Crippen LogP contribution is 2.43. The van der Waals surface area contributed by atoms with Crippen LogP contribution in [-0.4, -0.2) is 13.1 Å². The molecule has 1 aliphatic rings. The van der Waals surface area contributed by atoms with Crippen LogP contribution >= 0.6 is 0 Å². The third-order valence-corrected chi connectivity index (χ3v) is 6.46. The van der Waals surface area contributed by atoms with E-state index >= 15 is 0 Å². The predicted molar refractivity (Wildman–Crippen MR) is 145 cm³/mol. The van der Waals surface area contributed by atoms with Gasteiger partial charge in [0, 0.05) is 11.6 Å². The number of nitrogens with two attached hydrogens (primary N) is 1. The molecule has 4 aromatic rings. The number of nitriles is 1. The molecular weight excluding hydrogens is 511 g/mol. The smallest absolute Gasteiger partial charge is 0.315 e. The van der Waals surface area contributed by atoms with Gasteiger partial charge < -0.3 is 24.7 Å². The van der Waals surface area contributed by atoms with Crippen molar-refractivity contribution in [2.75, 3.05) is 7.11 Å². The molecular formula is C32H25FN2O5. The van der Waals surface area contributed by atoms with Crippen LogP contribution in [0.4, 0.5) is 4.39 Å². The Hall–Kier alpha value is -5.29. The third-order valence-electron chi connectivity index (χ3n) is 6.46. The zero-order valence-electron chi connectivity index (χ0n) is 21.6. The SMILES string of the molecule is COc1ccc(CC(=O)Oc2ccc3c(c2)OC(N)=C(C#N)C3c2ccc(OCc3ccc(F)cc3)cc2)cc1. The number of methoxy groups -OCH3 is 1. The molecule has 1 unspecified atom stereocenters. The summed E-state index contributed by atoms with van der Waals surface area (Å²) >= 11 is 0. The second-order valence-corrected chi connectivity index (χ2v) is 9.11. The molecule has 1 aliphatic heterocycles. The quantitative estimate of drug-likeness (QED) is 0.225. The molecule has 7 nitrogen and oxygen atoms in total. The standard InChI is InChI=1S/C32H25FN2O5/c1-37-24-10-4-20(5-11-24)16-30(36)39-26-14-15-27-29(17-26)40-32(35)28(18-34)31(27)22-6-12-25(13-7-22)38-19-21-2-8-23(33)9-3-21/h2-15,17,31H,16,19,35H2,1H3. The summed E-state index contributed by atoms with van der Waals surface area (Å²) < 4.78 is 35.4. The number of halogens is 1. The fraction of sp³-hybridized carbons (Fsp3) is 0.125. The number of esters is 1. The zero-order valence-corrected chi connectivity index (χ0v) is 21.6. The van der Waals surface area contributed by atoms with Gasteiger partial charge in [0.25, 0.3) is 0 Å². The van der Waals surface area contributed by atoms with E-state index in [1.54, 1.807) is 73.8 Å². The minimum Gasteiger partial charge on any atom is -0.497 e. The molecule has 2 N–H and O–H groups in total. The normalized spacial score (nSPS) is 14.0. The maximum atomic E-state index is 13.1. The number of ether oxygens (including phenoxy) is 4. The molecule has 0 aliphatic carbocycles. The summed E-state index contributed by atoms with van der Waals surface area (Å²) in [5.41, 5.74) is 9.55. The van der Waals surface area contributed by atoms with E-state index in [2.05, 4.69) is 6.07 Å². The van der Waals surface area contributed by atoms with Crippen molar-refractivity contribution in [3.63, 3.8) is 0 Å². The molecule has 1 atom stereocenters. The number of benzene rings is 4. The molecule has 0 saturated carbocycles. The lowest BCUT2D eigenvalue weighted by Crippen LogP contribution is -2.21. The Bertz CT molecular complexity index is 1590. The third kappa shape index (κ3) is 5.89. The number of carbonyl (C=O) groups excluding carboxylic acids is 1. The summed E-state index contributed by atoms with van der Waals surface area (Å²) in [5.74, 6) is 0.783. The van der Waals surface area contributed by atoms with Crippen molar-refractivity contribution in [3.8, 4) is 29.1 Å². The fourth-order valence-corrected chi connectivity index (χ4v) is 4.42. The molecule has 0 spiro atoms. The van der Waals surface area contributed by atoms with E-state index in [4.69, 9.17) is 24.7 Å². The second-order valence-electron chi connectivity index (χ2n) is 9.11. The fourth-order valence-electron chi connectivity index (χ4n) is 4.42. The van der Waals surface area contributed by atoms with Crippen LogP contribution in [0.2, 0.25) is 0 Å². The van der Waals surface area contributed by atoms with Gasteiger partial charge in [-0.1, -0.05) is 42.5 Å². The first-order valence-corrected chi connectivity index (χ1v) is 12.5. The van der Waals surface area contributed by atoms with Gasteiger partial charge in [-0.2, -0.15) is 5.26 Å². The molecule has 5 rings (SSSR count). The predicted octanol–water partition coefficient (Wildman–Crippen LogP) is 5.78. The van der Waals surface area contributed by atoms with Gasteiger partial charge in [-0.25, -0.2) is 4.39 Å². The van der Waals surface area contributed by atoms with Crippen LogP contribution in [0.3, 0.4) is 0 Å². The zero-order chi connectivity index (χ0) is 28.1. The van der Waals surface area contributed by atoms with Gasteiger partial charge in [-0.3, -0.25) is 4.79 Å². The van der Waals surface area contributed by atoms with E-state index in [0.29, 0.717) is 28.6 Å². The van der Waals surface area contributed by atoms with E-state index < -0.39 is 11.9 Å². The van der Waals surface area contributed by atoms with Gasteiger partial charge in [-0.05, 0) is 59.2 Å². The minimum atomic E-state index is -0.482. The van der Waals surface area contributed by atoms with Crippen LogP contribution in [0, 0.1) is 17.1 Å². The van der Waals surface area contributed by atoms with Crippen molar-refractivity contribution in [2.45, 2.75) is 18.9 Å². The molecule has 1 heterocycles. The Kier molecular flexibility index (Phi) is 7.65. The van der Waals surface area contributed by atoms with Gasteiger partial charge in [0.2, 0.25) is 5.88 Å². The Morgan fingerprint density at radius 3 is 2.25 bits per heavy atom. The first kappa shape index (κ1) is 26.3. The molecule has 8 heteroatoms. The summed E-state index contributed by atoms with van der Waals surface area (Å²) in [6.45, 7) is 0.288. The molecule has 0 aromatic heterocycles. The van der Waals surface area contributed by atoms with Gasteiger partial charge in [0.05, 0.1) is 19.4 Å². The van der Waals surface area contributed by atoms with Gasteiger partial charge >= 0.3 is 5.97 Å². The Balaban J connectivity index is 1.32. The van der Waals surface area contributed by atoms with Crippen LogP contribution in [-0.2, 0) is 17.8 Å². The largest absolute Gasteiger partial charge is 0.497 e. The summed E-state index contributed by atoms with van der Waals surface area (Å²) in [4.78, 5) is 12.5. The maximum Gasteiger partial charge on any atom is 0.315 e. The van der Waals surface area contributed by atoms with E-state index in [1.807, 2.05) is 12.1 Å². The van der Waals surface area contributed by atoms with E-state index in [0.717, 1.165) is 16.7 Å². The van der Waals surface area contributed by atoms with Crippen molar-refractivity contribution >= 4 is 5.97 Å². The highest BCUT2D eigenvalue weighted by molar-refractivity contribution is 5.75.